The SMILES string of the molecule is Cc1cc(C)nc(NC(=O)NCC2CCCS2)c1. The molecule has 98 valence electrons. The molecule has 0 bridgehead atoms. The Hall–Kier alpha value is -1.23. The van der Waals surface area contributed by atoms with Gasteiger partial charge in [-0.1, -0.05) is 0 Å². The first-order valence-electron chi connectivity index (χ1n) is 6.25. The number of anilines is 1. The van der Waals surface area contributed by atoms with E-state index in [4.69, 9.17) is 0 Å². The summed E-state index contributed by atoms with van der Waals surface area (Å²) in [5.74, 6) is 1.83. The summed E-state index contributed by atoms with van der Waals surface area (Å²) in [5.41, 5.74) is 2.01. The van der Waals surface area contributed by atoms with E-state index in [1.165, 1.54) is 18.6 Å². The zero-order chi connectivity index (χ0) is 13.0. The highest BCUT2D eigenvalue weighted by Crippen LogP contribution is 2.25. The van der Waals surface area contributed by atoms with Crippen molar-refractivity contribution in [2.75, 3.05) is 17.6 Å². The molecule has 0 aliphatic carbocycles. The Labute approximate surface area is 112 Å². The Balaban J connectivity index is 1.82. The lowest BCUT2D eigenvalue weighted by atomic mass is 10.2. The molecule has 2 rings (SSSR count). The second-order valence-electron chi connectivity index (χ2n) is 4.64. The largest absolute Gasteiger partial charge is 0.337 e. The van der Waals surface area contributed by atoms with Crippen molar-refractivity contribution in [3.63, 3.8) is 0 Å². The summed E-state index contributed by atoms with van der Waals surface area (Å²) in [5, 5.41) is 6.25. The molecule has 2 amide bonds. The molecule has 1 unspecified atom stereocenters. The number of nitrogens with zero attached hydrogens (tertiary/aromatic N) is 1. The van der Waals surface area contributed by atoms with Crippen molar-refractivity contribution in [2.45, 2.75) is 31.9 Å². The van der Waals surface area contributed by atoms with Gasteiger partial charge in [0.15, 0.2) is 0 Å². The van der Waals surface area contributed by atoms with E-state index < -0.39 is 0 Å². The predicted molar refractivity (Wildman–Crippen MR) is 76.2 cm³/mol. The quantitative estimate of drug-likeness (QED) is 0.883. The lowest BCUT2D eigenvalue weighted by molar-refractivity contribution is 0.252. The fourth-order valence-corrected chi connectivity index (χ4v) is 3.28. The van der Waals surface area contributed by atoms with Gasteiger partial charge in [-0.2, -0.15) is 11.8 Å². The number of aryl methyl sites for hydroxylation is 2. The molecule has 1 fully saturated rings. The molecule has 1 aliphatic heterocycles. The molecule has 0 saturated carbocycles. The summed E-state index contributed by atoms with van der Waals surface area (Å²) >= 11 is 1.94. The molecule has 1 aliphatic rings. The summed E-state index contributed by atoms with van der Waals surface area (Å²) in [6.07, 6.45) is 2.46. The van der Waals surface area contributed by atoms with E-state index >= 15 is 0 Å². The second-order valence-corrected chi connectivity index (χ2v) is 6.05. The topological polar surface area (TPSA) is 54.0 Å². The number of hydrogen-bond acceptors (Lipinski definition) is 3. The minimum Gasteiger partial charge on any atom is -0.337 e. The first kappa shape index (κ1) is 13.2. The average molecular weight is 265 g/mol. The highest BCUT2D eigenvalue weighted by molar-refractivity contribution is 8.00. The maximum atomic E-state index is 11.7. The third kappa shape index (κ3) is 3.91. The van der Waals surface area contributed by atoms with Gasteiger partial charge in [-0.3, -0.25) is 5.32 Å². The number of hydrogen-bond donors (Lipinski definition) is 2. The minimum absolute atomic E-state index is 0.167. The molecular formula is C13H19N3OS. The van der Waals surface area contributed by atoms with E-state index in [-0.39, 0.29) is 6.03 Å². The summed E-state index contributed by atoms with van der Waals surface area (Å²) in [6.45, 7) is 4.65. The number of urea groups is 1. The van der Waals surface area contributed by atoms with Crippen molar-refractivity contribution in [3.8, 4) is 0 Å². The standard InChI is InChI=1S/C13H19N3OS/c1-9-6-10(2)15-12(7-9)16-13(17)14-8-11-4-3-5-18-11/h6-7,11H,3-5,8H2,1-2H3,(H2,14,15,16,17). The monoisotopic (exact) mass is 265 g/mol. The first-order valence-corrected chi connectivity index (χ1v) is 7.30. The van der Waals surface area contributed by atoms with Crippen LogP contribution in [0.15, 0.2) is 12.1 Å². The fourth-order valence-electron chi connectivity index (χ4n) is 2.08. The van der Waals surface area contributed by atoms with Crippen LogP contribution >= 0.6 is 11.8 Å². The van der Waals surface area contributed by atoms with Crippen molar-refractivity contribution in [2.24, 2.45) is 0 Å². The van der Waals surface area contributed by atoms with Gasteiger partial charge in [-0.15, -0.1) is 0 Å². The third-order valence-corrected chi connectivity index (χ3v) is 4.25. The molecule has 18 heavy (non-hydrogen) atoms. The number of thioether (sulfide) groups is 1. The fraction of sp³-hybridized carbons (Fsp3) is 0.538. The van der Waals surface area contributed by atoms with Crippen LogP contribution in [-0.4, -0.2) is 28.6 Å². The van der Waals surface area contributed by atoms with Gasteiger partial charge in [0.2, 0.25) is 0 Å². The summed E-state index contributed by atoms with van der Waals surface area (Å²) < 4.78 is 0. The normalized spacial score (nSPS) is 18.7. The maximum Gasteiger partial charge on any atom is 0.320 e. The van der Waals surface area contributed by atoms with E-state index in [1.54, 1.807) is 0 Å². The van der Waals surface area contributed by atoms with Crippen molar-refractivity contribution in [1.29, 1.82) is 0 Å². The molecule has 0 spiro atoms. The number of rotatable bonds is 3. The molecule has 0 radical (unpaired) electrons. The zero-order valence-electron chi connectivity index (χ0n) is 10.8. The number of pyridine rings is 1. The number of amides is 2. The number of nitrogens with one attached hydrogen (secondary N) is 2. The lowest BCUT2D eigenvalue weighted by Crippen LogP contribution is -2.33. The summed E-state index contributed by atoms with van der Waals surface area (Å²) in [6, 6.07) is 3.69. The highest BCUT2D eigenvalue weighted by atomic mass is 32.2. The van der Waals surface area contributed by atoms with Crippen LogP contribution in [0.25, 0.3) is 0 Å². The van der Waals surface area contributed by atoms with Gasteiger partial charge in [0.05, 0.1) is 0 Å². The molecule has 1 aromatic heterocycles. The van der Waals surface area contributed by atoms with Crippen LogP contribution in [0.2, 0.25) is 0 Å². The summed E-state index contributed by atoms with van der Waals surface area (Å²) in [4.78, 5) is 16.0. The molecular weight excluding hydrogens is 246 g/mol. The van der Waals surface area contributed by atoms with Gasteiger partial charge < -0.3 is 5.32 Å². The second kappa shape index (κ2) is 6.09. The van der Waals surface area contributed by atoms with Gasteiger partial charge in [-0.25, -0.2) is 9.78 Å². The Kier molecular flexibility index (Phi) is 4.47. The Bertz CT molecular complexity index is 410. The van der Waals surface area contributed by atoms with Crippen LogP contribution < -0.4 is 10.6 Å². The van der Waals surface area contributed by atoms with Crippen LogP contribution in [0.3, 0.4) is 0 Å². The van der Waals surface area contributed by atoms with Gasteiger partial charge in [-0.05, 0) is 50.1 Å². The van der Waals surface area contributed by atoms with Crippen LogP contribution in [0.1, 0.15) is 24.1 Å². The zero-order valence-corrected chi connectivity index (χ0v) is 11.6. The van der Waals surface area contributed by atoms with Crippen molar-refractivity contribution in [1.82, 2.24) is 10.3 Å². The van der Waals surface area contributed by atoms with E-state index in [0.29, 0.717) is 11.1 Å². The van der Waals surface area contributed by atoms with Crippen LogP contribution in [0, 0.1) is 13.8 Å². The van der Waals surface area contributed by atoms with E-state index in [2.05, 4.69) is 15.6 Å². The van der Waals surface area contributed by atoms with E-state index in [1.807, 2.05) is 37.7 Å². The minimum atomic E-state index is -0.167. The third-order valence-electron chi connectivity index (χ3n) is 2.85. The summed E-state index contributed by atoms with van der Waals surface area (Å²) in [7, 11) is 0. The molecule has 5 heteroatoms. The molecule has 4 nitrogen and oxygen atoms in total. The molecule has 1 saturated heterocycles. The number of aromatic nitrogens is 1. The maximum absolute atomic E-state index is 11.7. The smallest absolute Gasteiger partial charge is 0.320 e. The average Bonchev–Trinajstić information content (AvgIpc) is 2.77. The van der Waals surface area contributed by atoms with E-state index in [9.17, 15) is 4.79 Å². The van der Waals surface area contributed by atoms with Crippen molar-refractivity contribution in [3.05, 3.63) is 23.4 Å². The van der Waals surface area contributed by atoms with Crippen LogP contribution in [0.5, 0.6) is 0 Å². The van der Waals surface area contributed by atoms with Crippen molar-refractivity contribution >= 4 is 23.6 Å². The Morgan fingerprint density at radius 1 is 1.50 bits per heavy atom. The molecule has 2 N–H and O–H groups in total. The van der Waals surface area contributed by atoms with Crippen LogP contribution in [-0.2, 0) is 0 Å². The van der Waals surface area contributed by atoms with Crippen molar-refractivity contribution < 1.29 is 4.79 Å². The van der Waals surface area contributed by atoms with Crippen LogP contribution in [0.4, 0.5) is 10.6 Å². The number of carbonyl (C=O) groups is 1. The predicted octanol–water partition coefficient (Wildman–Crippen LogP) is 2.72. The molecule has 2 heterocycles. The Morgan fingerprint density at radius 3 is 3.00 bits per heavy atom. The first-order chi connectivity index (χ1) is 8.63. The van der Waals surface area contributed by atoms with E-state index in [0.717, 1.165) is 17.8 Å². The van der Waals surface area contributed by atoms with Gasteiger partial charge in [0, 0.05) is 17.5 Å². The molecule has 0 aromatic carbocycles. The van der Waals surface area contributed by atoms with Gasteiger partial charge >= 0.3 is 6.03 Å². The molecule has 1 aromatic rings. The Morgan fingerprint density at radius 2 is 2.33 bits per heavy atom. The highest BCUT2D eigenvalue weighted by Gasteiger charge is 2.16. The molecule has 1 atom stereocenters. The number of carbonyl (C=O) groups excluding carboxylic acids is 1. The van der Waals surface area contributed by atoms with Gasteiger partial charge in [0.1, 0.15) is 5.82 Å². The van der Waals surface area contributed by atoms with Gasteiger partial charge in [0.25, 0.3) is 0 Å². The lowest BCUT2D eigenvalue weighted by Gasteiger charge is -2.11.